The standard InChI is InChI=1S/C19H19ClN4O3S2/c20-15-8-6-13(7-9-15)11-21-19(25)14-3-2-10-24(12-14)29(26,27)17-5-1-4-16-18(17)23-28-22-16/h1,4-9,14H,2-3,10-12H2,(H,21,25). The predicted molar refractivity (Wildman–Crippen MR) is 112 cm³/mol. The number of amides is 1. The quantitative estimate of drug-likeness (QED) is 0.644. The van der Waals surface area contributed by atoms with Crippen LogP contribution in [0.3, 0.4) is 0 Å². The molecule has 29 heavy (non-hydrogen) atoms. The van der Waals surface area contributed by atoms with Gasteiger partial charge in [0, 0.05) is 24.7 Å². The van der Waals surface area contributed by atoms with Gasteiger partial charge >= 0.3 is 0 Å². The van der Waals surface area contributed by atoms with Crippen molar-refractivity contribution in [1.29, 1.82) is 0 Å². The molecular weight excluding hydrogens is 432 g/mol. The van der Waals surface area contributed by atoms with Crippen molar-refractivity contribution in [3.8, 4) is 0 Å². The molecule has 3 aromatic rings. The van der Waals surface area contributed by atoms with E-state index in [1.165, 1.54) is 4.31 Å². The van der Waals surface area contributed by atoms with Crippen molar-refractivity contribution >= 4 is 50.3 Å². The second-order valence-corrected chi connectivity index (χ2v) is 9.81. The first-order valence-corrected chi connectivity index (χ1v) is 11.7. The molecule has 4 rings (SSSR count). The minimum absolute atomic E-state index is 0.144. The lowest BCUT2D eigenvalue weighted by Crippen LogP contribution is -2.45. The molecule has 1 aliphatic rings. The number of carbonyl (C=O) groups excluding carboxylic acids is 1. The molecule has 0 saturated carbocycles. The lowest BCUT2D eigenvalue weighted by molar-refractivity contribution is -0.126. The molecule has 10 heteroatoms. The highest BCUT2D eigenvalue weighted by Gasteiger charge is 2.34. The van der Waals surface area contributed by atoms with Crippen molar-refractivity contribution in [2.45, 2.75) is 24.3 Å². The number of rotatable bonds is 5. The van der Waals surface area contributed by atoms with E-state index in [4.69, 9.17) is 11.6 Å². The van der Waals surface area contributed by atoms with Crippen molar-refractivity contribution in [2.24, 2.45) is 5.92 Å². The Kier molecular flexibility index (Phi) is 5.82. The maximum atomic E-state index is 13.2. The zero-order valence-corrected chi connectivity index (χ0v) is 17.8. The Bertz CT molecular complexity index is 1130. The van der Waals surface area contributed by atoms with Crippen molar-refractivity contribution in [3.63, 3.8) is 0 Å². The summed E-state index contributed by atoms with van der Waals surface area (Å²) in [5, 5.41) is 3.54. The van der Waals surface area contributed by atoms with Gasteiger partial charge in [-0.05, 0) is 42.7 Å². The van der Waals surface area contributed by atoms with Crippen LogP contribution in [0.2, 0.25) is 5.02 Å². The number of aromatic nitrogens is 2. The Morgan fingerprint density at radius 1 is 1.21 bits per heavy atom. The molecule has 1 N–H and O–H groups in total. The van der Waals surface area contributed by atoms with Crippen molar-refractivity contribution < 1.29 is 13.2 Å². The molecule has 2 heterocycles. The number of fused-ring (bicyclic) bond motifs is 1. The van der Waals surface area contributed by atoms with Gasteiger partial charge in [0.1, 0.15) is 15.9 Å². The summed E-state index contributed by atoms with van der Waals surface area (Å²) in [5.41, 5.74) is 1.88. The fourth-order valence-corrected chi connectivity index (χ4v) is 5.84. The normalized spacial score (nSPS) is 18.0. The van der Waals surface area contributed by atoms with Crippen LogP contribution < -0.4 is 5.32 Å². The second kappa shape index (κ2) is 8.35. The monoisotopic (exact) mass is 450 g/mol. The predicted octanol–water partition coefficient (Wildman–Crippen LogP) is 3.06. The van der Waals surface area contributed by atoms with Gasteiger partial charge in [-0.25, -0.2) is 8.42 Å². The number of benzene rings is 2. The molecule has 0 bridgehead atoms. The minimum atomic E-state index is -3.75. The fourth-order valence-electron chi connectivity index (χ4n) is 3.44. The Balaban J connectivity index is 1.46. The van der Waals surface area contributed by atoms with Gasteiger partial charge in [0.25, 0.3) is 0 Å². The van der Waals surface area contributed by atoms with Gasteiger partial charge < -0.3 is 5.32 Å². The topological polar surface area (TPSA) is 92.3 Å². The fraction of sp³-hybridized carbons (Fsp3) is 0.316. The molecular formula is C19H19ClN4O3S2. The highest BCUT2D eigenvalue weighted by Crippen LogP contribution is 2.28. The lowest BCUT2D eigenvalue weighted by Gasteiger charge is -2.31. The number of halogens is 1. The van der Waals surface area contributed by atoms with E-state index in [2.05, 4.69) is 14.1 Å². The molecule has 152 valence electrons. The smallest absolute Gasteiger partial charge is 0.245 e. The second-order valence-electron chi connectivity index (χ2n) is 6.93. The summed E-state index contributed by atoms with van der Waals surface area (Å²) < 4.78 is 36.0. The van der Waals surface area contributed by atoms with Crippen LogP contribution in [0.1, 0.15) is 18.4 Å². The third-order valence-corrected chi connectivity index (χ3v) is 7.69. The molecule has 0 aliphatic carbocycles. The number of carbonyl (C=O) groups is 1. The van der Waals surface area contributed by atoms with Crippen LogP contribution in [0, 0.1) is 5.92 Å². The first-order chi connectivity index (χ1) is 13.9. The summed E-state index contributed by atoms with van der Waals surface area (Å²) in [4.78, 5) is 12.8. The highest BCUT2D eigenvalue weighted by atomic mass is 35.5. The maximum absolute atomic E-state index is 13.2. The van der Waals surface area contributed by atoms with Crippen molar-refractivity contribution in [3.05, 3.63) is 53.1 Å². The zero-order valence-electron chi connectivity index (χ0n) is 15.4. The number of hydrogen-bond donors (Lipinski definition) is 1. The Hall–Kier alpha value is -2.07. The van der Waals surface area contributed by atoms with Gasteiger partial charge in [-0.15, -0.1) is 0 Å². The van der Waals surface area contributed by atoms with E-state index in [1.54, 1.807) is 30.3 Å². The van der Waals surface area contributed by atoms with Gasteiger partial charge in [0.2, 0.25) is 15.9 Å². The van der Waals surface area contributed by atoms with Crippen LogP contribution in [-0.4, -0.2) is 40.5 Å². The summed E-state index contributed by atoms with van der Waals surface area (Å²) in [6.45, 7) is 0.920. The van der Waals surface area contributed by atoms with E-state index in [0.717, 1.165) is 17.3 Å². The molecule has 1 aliphatic heterocycles. The van der Waals surface area contributed by atoms with Gasteiger partial charge in [0.15, 0.2) is 0 Å². The van der Waals surface area contributed by atoms with Crippen LogP contribution in [-0.2, 0) is 21.4 Å². The summed E-state index contributed by atoms with van der Waals surface area (Å²) in [6, 6.07) is 12.2. The lowest BCUT2D eigenvalue weighted by atomic mass is 9.99. The van der Waals surface area contributed by atoms with Gasteiger partial charge in [-0.3, -0.25) is 4.79 Å². The number of sulfonamides is 1. The molecule has 0 radical (unpaired) electrons. The van der Waals surface area contributed by atoms with E-state index in [0.29, 0.717) is 42.0 Å². The summed E-state index contributed by atoms with van der Waals surface area (Å²) in [6.07, 6.45) is 1.28. The van der Waals surface area contributed by atoms with Crippen molar-refractivity contribution in [2.75, 3.05) is 13.1 Å². The Morgan fingerprint density at radius 2 is 2.00 bits per heavy atom. The summed E-state index contributed by atoms with van der Waals surface area (Å²) in [5.74, 6) is -0.535. The van der Waals surface area contributed by atoms with Crippen LogP contribution in [0.5, 0.6) is 0 Å². The van der Waals surface area contributed by atoms with Crippen LogP contribution in [0.15, 0.2) is 47.4 Å². The largest absolute Gasteiger partial charge is 0.352 e. The SMILES string of the molecule is O=C(NCc1ccc(Cl)cc1)C1CCCN(S(=O)(=O)c2cccc3nsnc23)C1. The van der Waals surface area contributed by atoms with Crippen molar-refractivity contribution in [1.82, 2.24) is 18.4 Å². The molecule has 1 atom stereocenters. The van der Waals surface area contributed by atoms with E-state index < -0.39 is 15.9 Å². The van der Waals surface area contributed by atoms with Crippen LogP contribution in [0.25, 0.3) is 11.0 Å². The maximum Gasteiger partial charge on any atom is 0.245 e. The average Bonchev–Trinajstić information content (AvgIpc) is 3.22. The third-order valence-electron chi connectivity index (χ3n) is 5.00. The van der Waals surface area contributed by atoms with Crippen LogP contribution in [0.4, 0.5) is 0 Å². The third kappa shape index (κ3) is 4.28. The van der Waals surface area contributed by atoms with E-state index in [1.807, 2.05) is 12.1 Å². The Labute approximate surface area is 178 Å². The molecule has 1 aromatic heterocycles. The van der Waals surface area contributed by atoms with Gasteiger partial charge in [0.05, 0.1) is 17.6 Å². The molecule has 1 unspecified atom stereocenters. The number of piperidine rings is 1. The van der Waals surface area contributed by atoms with Crippen LogP contribution >= 0.6 is 23.3 Å². The average molecular weight is 451 g/mol. The van der Waals surface area contributed by atoms with Gasteiger partial charge in [-0.2, -0.15) is 13.1 Å². The van der Waals surface area contributed by atoms with Gasteiger partial charge in [-0.1, -0.05) is 29.8 Å². The summed E-state index contributed by atoms with van der Waals surface area (Å²) in [7, 11) is -3.75. The number of nitrogens with one attached hydrogen (secondary N) is 1. The Morgan fingerprint density at radius 3 is 2.79 bits per heavy atom. The minimum Gasteiger partial charge on any atom is -0.352 e. The molecule has 1 amide bonds. The van der Waals surface area contributed by atoms with E-state index in [-0.39, 0.29) is 17.3 Å². The summed E-state index contributed by atoms with van der Waals surface area (Å²) >= 11 is 6.86. The number of nitrogens with zero attached hydrogens (tertiary/aromatic N) is 3. The molecule has 0 spiro atoms. The van der Waals surface area contributed by atoms with E-state index in [9.17, 15) is 13.2 Å². The van der Waals surface area contributed by atoms with E-state index >= 15 is 0 Å². The highest BCUT2D eigenvalue weighted by molar-refractivity contribution is 7.89. The first kappa shape index (κ1) is 20.2. The molecule has 2 aromatic carbocycles. The number of hydrogen-bond acceptors (Lipinski definition) is 6. The zero-order chi connectivity index (χ0) is 20.4. The molecule has 7 nitrogen and oxygen atoms in total. The first-order valence-electron chi connectivity index (χ1n) is 9.19. The molecule has 1 saturated heterocycles. The molecule has 1 fully saturated rings.